The number of methoxy groups -OCH3 is 1. The minimum absolute atomic E-state index is 0.141. The summed E-state index contributed by atoms with van der Waals surface area (Å²) in [6.07, 6.45) is 5.34. The number of hydrogen-bond donors (Lipinski definition) is 1. The van der Waals surface area contributed by atoms with Gasteiger partial charge in [-0.25, -0.2) is 14.6 Å². The maximum atomic E-state index is 12.1. The van der Waals surface area contributed by atoms with Gasteiger partial charge in [-0.05, 0) is 36.6 Å². The molecule has 4 rings (SSSR count). The van der Waals surface area contributed by atoms with Gasteiger partial charge in [0.2, 0.25) is 0 Å². The molecule has 27 heavy (non-hydrogen) atoms. The Labute approximate surface area is 161 Å². The third kappa shape index (κ3) is 4.46. The molecule has 0 spiro atoms. The summed E-state index contributed by atoms with van der Waals surface area (Å²) in [4.78, 5) is 20.7. The highest BCUT2D eigenvalue weighted by Crippen LogP contribution is 2.24. The van der Waals surface area contributed by atoms with E-state index in [0.29, 0.717) is 17.6 Å². The molecule has 138 valence electrons. The van der Waals surface area contributed by atoms with E-state index in [1.807, 2.05) is 24.3 Å². The zero-order chi connectivity index (χ0) is 18.6. The van der Waals surface area contributed by atoms with E-state index in [0.717, 1.165) is 34.9 Å². The summed E-state index contributed by atoms with van der Waals surface area (Å²) in [6, 6.07) is 11.8. The Morgan fingerprint density at radius 1 is 1.30 bits per heavy atom. The van der Waals surface area contributed by atoms with Gasteiger partial charge >= 0.3 is 0 Å². The number of hydrogen-bond acceptors (Lipinski definition) is 6. The van der Waals surface area contributed by atoms with Gasteiger partial charge in [0.15, 0.2) is 11.5 Å². The largest absolute Gasteiger partial charge is 0.497 e. The Bertz CT molecular complexity index is 955. The van der Waals surface area contributed by atoms with E-state index in [4.69, 9.17) is 4.74 Å². The summed E-state index contributed by atoms with van der Waals surface area (Å²) < 4.78 is 6.85. The Balaban J connectivity index is 1.44. The van der Waals surface area contributed by atoms with Crippen molar-refractivity contribution in [3.8, 4) is 11.6 Å². The van der Waals surface area contributed by atoms with Crippen LogP contribution in [0.1, 0.15) is 28.9 Å². The van der Waals surface area contributed by atoms with E-state index in [1.165, 1.54) is 6.33 Å². The molecule has 1 aliphatic rings. The number of ether oxygens (including phenoxy) is 1. The molecular weight excluding hydrogens is 362 g/mol. The first kappa shape index (κ1) is 17.5. The lowest BCUT2D eigenvalue weighted by Crippen LogP contribution is -2.25. The topological polar surface area (TPSA) is 81.9 Å². The minimum Gasteiger partial charge on any atom is -0.497 e. The maximum Gasteiger partial charge on any atom is 0.272 e. The molecule has 1 amide bonds. The Morgan fingerprint density at radius 3 is 3.00 bits per heavy atom. The van der Waals surface area contributed by atoms with E-state index in [-0.39, 0.29) is 5.91 Å². The highest BCUT2D eigenvalue weighted by molar-refractivity contribution is 7.98. The van der Waals surface area contributed by atoms with Crippen LogP contribution in [-0.4, -0.2) is 38.8 Å². The minimum atomic E-state index is -0.141. The van der Waals surface area contributed by atoms with Crippen LogP contribution in [-0.2, 0) is 5.75 Å². The van der Waals surface area contributed by atoms with Crippen LogP contribution in [0.3, 0.4) is 0 Å². The molecule has 1 saturated carbocycles. The second-order valence-electron chi connectivity index (χ2n) is 6.25. The van der Waals surface area contributed by atoms with Crippen LogP contribution in [0, 0.1) is 0 Å². The molecule has 0 saturated heterocycles. The lowest BCUT2D eigenvalue weighted by Gasteiger charge is -2.05. The quantitative estimate of drug-likeness (QED) is 0.501. The second kappa shape index (κ2) is 7.79. The highest BCUT2D eigenvalue weighted by atomic mass is 32.2. The number of nitrogens with zero attached hydrogens (tertiary/aromatic N) is 4. The molecule has 0 radical (unpaired) electrons. The van der Waals surface area contributed by atoms with E-state index < -0.39 is 0 Å². The van der Waals surface area contributed by atoms with Crippen LogP contribution in [0.25, 0.3) is 5.82 Å². The van der Waals surface area contributed by atoms with Gasteiger partial charge < -0.3 is 10.1 Å². The number of thioether (sulfide) groups is 1. The molecule has 1 aromatic carbocycles. The molecule has 0 atom stereocenters. The molecule has 2 aromatic heterocycles. The Kier molecular flexibility index (Phi) is 5.06. The lowest BCUT2D eigenvalue weighted by molar-refractivity contribution is 0.0945. The third-order valence-corrected chi connectivity index (χ3v) is 5.11. The molecule has 8 heteroatoms. The first-order chi connectivity index (χ1) is 13.2. The van der Waals surface area contributed by atoms with Gasteiger partial charge in [-0.15, -0.1) is 11.8 Å². The maximum absolute atomic E-state index is 12.1. The first-order valence-corrected chi connectivity index (χ1v) is 9.64. The molecule has 1 aliphatic carbocycles. The van der Waals surface area contributed by atoms with Crippen molar-refractivity contribution in [3.05, 3.63) is 60.2 Å². The highest BCUT2D eigenvalue weighted by Gasteiger charge is 2.24. The Hall–Kier alpha value is -2.87. The second-order valence-corrected chi connectivity index (χ2v) is 7.24. The van der Waals surface area contributed by atoms with Gasteiger partial charge in [0.25, 0.3) is 5.91 Å². The first-order valence-electron chi connectivity index (χ1n) is 8.66. The number of benzene rings is 1. The molecule has 0 bridgehead atoms. The number of rotatable bonds is 7. The summed E-state index contributed by atoms with van der Waals surface area (Å²) in [6.45, 7) is 0. The van der Waals surface area contributed by atoms with Crippen LogP contribution in [0.2, 0.25) is 0 Å². The van der Waals surface area contributed by atoms with Crippen molar-refractivity contribution in [1.82, 2.24) is 25.1 Å². The zero-order valence-electron chi connectivity index (χ0n) is 14.8. The number of aromatic nitrogens is 4. The predicted octanol–water partition coefficient (Wildman–Crippen LogP) is 2.86. The molecule has 1 N–H and O–H groups in total. The van der Waals surface area contributed by atoms with E-state index in [1.54, 1.807) is 35.8 Å². The summed E-state index contributed by atoms with van der Waals surface area (Å²) in [5.41, 5.74) is 1.55. The van der Waals surface area contributed by atoms with Crippen LogP contribution in [0.4, 0.5) is 0 Å². The van der Waals surface area contributed by atoms with Gasteiger partial charge in [-0.1, -0.05) is 12.1 Å². The zero-order valence-corrected chi connectivity index (χ0v) is 15.6. The fraction of sp³-hybridized carbons (Fsp3) is 0.263. The molecule has 0 unspecified atom stereocenters. The van der Waals surface area contributed by atoms with Crippen molar-refractivity contribution in [3.63, 3.8) is 0 Å². The number of nitrogens with one attached hydrogen (secondary N) is 1. The van der Waals surface area contributed by atoms with Gasteiger partial charge in [0.05, 0.1) is 7.11 Å². The fourth-order valence-electron chi connectivity index (χ4n) is 2.51. The summed E-state index contributed by atoms with van der Waals surface area (Å²) in [7, 11) is 1.66. The van der Waals surface area contributed by atoms with Crippen LogP contribution in [0.15, 0.2) is 53.9 Å². The molecule has 2 heterocycles. The Morgan fingerprint density at radius 2 is 2.19 bits per heavy atom. The van der Waals surface area contributed by atoms with E-state index >= 15 is 0 Å². The van der Waals surface area contributed by atoms with Crippen molar-refractivity contribution >= 4 is 17.7 Å². The third-order valence-electron chi connectivity index (χ3n) is 4.12. The molecule has 3 aromatic rings. The summed E-state index contributed by atoms with van der Waals surface area (Å²) >= 11 is 1.60. The normalized spacial score (nSPS) is 13.4. The van der Waals surface area contributed by atoms with Gasteiger partial charge in [-0.2, -0.15) is 5.10 Å². The summed E-state index contributed by atoms with van der Waals surface area (Å²) in [5.74, 6) is 2.09. The van der Waals surface area contributed by atoms with Crippen LogP contribution < -0.4 is 10.1 Å². The molecule has 0 aliphatic heterocycles. The van der Waals surface area contributed by atoms with E-state index in [9.17, 15) is 4.79 Å². The number of amides is 1. The van der Waals surface area contributed by atoms with Crippen LogP contribution in [0.5, 0.6) is 5.75 Å². The monoisotopic (exact) mass is 381 g/mol. The van der Waals surface area contributed by atoms with Gasteiger partial charge in [0.1, 0.15) is 17.1 Å². The average Bonchev–Trinajstić information content (AvgIpc) is 3.38. The predicted molar refractivity (Wildman–Crippen MR) is 102 cm³/mol. The SMILES string of the molecule is COc1cccc(CSc2cc(-n3ccc(C(=O)NC4CC4)n3)ncn2)c1. The van der Waals surface area contributed by atoms with Crippen molar-refractivity contribution in [2.75, 3.05) is 7.11 Å². The van der Waals surface area contributed by atoms with Crippen molar-refractivity contribution < 1.29 is 9.53 Å². The number of carbonyl (C=O) groups excluding carboxylic acids is 1. The van der Waals surface area contributed by atoms with E-state index in [2.05, 4.69) is 26.4 Å². The fourth-order valence-corrected chi connectivity index (χ4v) is 3.32. The van der Waals surface area contributed by atoms with Gasteiger partial charge in [0, 0.05) is 24.1 Å². The van der Waals surface area contributed by atoms with Crippen molar-refractivity contribution in [2.24, 2.45) is 0 Å². The van der Waals surface area contributed by atoms with Crippen molar-refractivity contribution in [2.45, 2.75) is 29.7 Å². The smallest absolute Gasteiger partial charge is 0.272 e. The lowest BCUT2D eigenvalue weighted by atomic mass is 10.2. The standard InChI is InChI=1S/C19H19N5O2S/c1-26-15-4-2-3-13(9-15)11-27-18-10-17(20-12-21-18)24-8-7-16(23-24)19(25)22-14-5-6-14/h2-4,7-10,12,14H,5-6,11H2,1H3,(H,22,25). The average molecular weight is 381 g/mol. The molecule has 1 fully saturated rings. The summed E-state index contributed by atoms with van der Waals surface area (Å²) in [5, 5.41) is 8.10. The number of carbonyl (C=O) groups is 1. The van der Waals surface area contributed by atoms with Crippen molar-refractivity contribution in [1.29, 1.82) is 0 Å². The molecule has 7 nitrogen and oxygen atoms in total. The van der Waals surface area contributed by atoms with Crippen LogP contribution >= 0.6 is 11.8 Å². The molecular formula is C19H19N5O2S. The van der Waals surface area contributed by atoms with Gasteiger partial charge in [-0.3, -0.25) is 4.79 Å².